The van der Waals surface area contributed by atoms with Gasteiger partial charge in [-0.25, -0.2) is 0 Å². The highest BCUT2D eigenvalue weighted by Gasteiger charge is 2.38. The van der Waals surface area contributed by atoms with Crippen LogP contribution in [0.1, 0.15) is 37.7 Å². The number of nitrogens with zero attached hydrogens (tertiary/aromatic N) is 1. The van der Waals surface area contributed by atoms with Crippen LogP contribution >= 0.6 is 23.2 Å². The molecule has 4 heteroatoms. The molecular weight excluding hydrogens is 293 g/mol. The molecule has 3 unspecified atom stereocenters. The first-order chi connectivity index (χ1) is 9.65. The summed E-state index contributed by atoms with van der Waals surface area (Å²) in [7, 11) is 0. The smallest absolute Gasteiger partial charge is 0.0583 e. The van der Waals surface area contributed by atoms with Gasteiger partial charge in [-0.15, -0.1) is 0 Å². The molecule has 1 saturated carbocycles. The highest BCUT2D eigenvalue weighted by molar-refractivity contribution is 6.35. The summed E-state index contributed by atoms with van der Waals surface area (Å²) in [4.78, 5) is 2.49. The molecule has 0 bridgehead atoms. The third-order valence-corrected chi connectivity index (χ3v) is 5.42. The summed E-state index contributed by atoms with van der Waals surface area (Å²) in [5.74, 6) is 0.448. The first-order valence-electron chi connectivity index (χ1n) is 7.51. The van der Waals surface area contributed by atoms with E-state index < -0.39 is 0 Å². The molecule has 0 spiro atoms. The van der Waals surface area contributed by atoms with E-state index in [-0.39, 0.29) is 6.10 Å². The van der Waals surface area contributed by atoms with Gasteiger partial charge in [-0.05, 0) is 49.9 Å². The molecule has 1 aliphatic carbocycles. The number of benzene rings is 1. The van der Waals surface area contributed by atoms with E-state index in [0.29, 0.717) is 17.0 Å². The second-order valence-corrected chi connectivity index (χ2v) is 6.92. The molecule has 1 N–H and O–H groups in total. The summed E-state index contributed by atoms with van der Waals surface area (Å²) in [6, 6.07) is 6.25. The average molecular weight is 314 g/mol. The number of rotatable bonds is 3. The average Bonchev–Trinajstić information content (AvgIpc) is 3.01. The number of hydrogen-bond acceptors (Lipinski definition) is 2. The van der Waals surface area contributed by atoms with E-state index in [1.54, 1.807) is 0 Å². The number of aliphatic hydroxyl groups is 1. The quantitative estimate of drug-likeness (QED) is 0.907. The Kier molecular flexibility index (Phi) is 4.56. The van der Waals surface area contributed by atoms with Crippen LogP contribution in [0, 0.1) is 5.92 Å². The van der Waals surface area contributed by atoms with Crippen LogP contribution in [0.3, 0.4) is 0 Å². The number of aliphatic hydroxyl groups excluding tert-OH is 1. The lowest BCUT2D eigenvalue weighted by Crippen LogP contribution is -2.38. The predicted octanol–water partition coefficient (Wildman–Crippen LogP) is 4.12. The fourth-order valence-electron chi connectivity index (χ4n) is 3.82. The second-order valence-electron chi connectivity index (χ2n) is 6.08. The summed E-state index contributed by atoms with van der Waals surface area (Å²) in [5.41, 5.74) is 1.13. The fourth-order valence-corrected chi connectivity index (χ4v) is 4.29. The van der Waals surface area contributed by atoms with Crippen molar-refractivity contribution in [1.29, 1.82) is 0 Å². The first kappa shape index (κ1) is 14.6. The second kappa shape index (κ2) is 6.23. The van der Waals surface area contributed by atoms with E-state index in [0.717, 1.165) is 42.9 Å². The van der Waals surface area contributed by atoms with Gasteiger partial charge in [0.2, 0.25) is 0 Å². The van der Waals surface area contributed by atoms with Crippen LogP contribution in [0.25, 0.3) is 0 Å². The van der Waals surface area contributed by atoms with Crippen molar-refractivity contribution in [2.45, 2.75) is 50.8 Å². The minimum Gasteiger partial charge on any atom is -0.393 e. The van der Waals surface area contributed by atoms with Gasteiger partial charge in [-0.1, -0.05) is 35.7 Å². The zero-order valence-corrected chi connectivity index (χ0v) is 13.1. The molecule has 2 nitrogen and oxygen atoms in total. The van der Waals surface area contributed by atoms with Crippen molar-refractivity contribution in [3.05, 3.63) is 33.8 Å². The molecular formula is C16H21Cl2NO. The van der Waals surface area contributed by atoms with E-state index >= 15 is 0 Å². The Morgan fingerprint density at radius 1 is 1.15 bits per heavy atom. The Labute approximate surface area is 130 Å². The monoisotopic (exact) mass is 313 g/mol. The molecule has 2 aliphatic rings. The summed E-state index contributed by atoms with van der Waals surface area (Å²) < 4.78 is 0. The van der Waals surface area contributed by atoms with Crippen LogP contribution in [-0.2, 0) is 6.54 Å². The summed E-state index contributed by atoms with van der Waals surface area (Å²) in [6.07, 6.45) is 5.61. The Bertz CT molecular complexity index is 480. The molecule has 110 valence electrons. The maximum absolute atomic E-state index is 10.2. The topological polar surface area (TPSA) is 23.5 Å². The molecule has 0 aromatic heterocycles. The van der Waals surface area contributed by atoms with Crippen LogP contribution in [0.15, 0.2) is 18.2 Å². The highest BCUT2D eigenvalue weighted by atomic mass is 35.5. The normalized spacial score (nSPS) is 31.1. The Balaban J connectivity index is 1.72. The third-order valence-electron chi connectivity index (χ3n) is 4.83. The minimum absolute atomic E-state index is 0.110. The molecule has 1 aromatic carbocycles. The van der Waals surface area contributed by atoms with Gasteiger partial charge >= 0.3 is 0 Å². The lowest BCUT2D eigenvalue weighted by atomic mass is 9.94. The van der Waals surface area contributed by atoms with Gasteiger partial charge in [0.05, 0.1) is 6.10 Å². The highest BCUT2D eigenvalue weighted by Crippen LogP contribution is 2.37. The standard InChI is InChI=1S/C16H21Cl2NO/c17-12-7-6-11(14(18)9-12)10-19-8-2-4-15(19)13-3-1-5-16(13)20/h6-7,9,13,15-16,20H,1-5,8,10H2. The van der Waals surface area contributed by atoms with Crippen LogP contribution in [0.2, 0.25) is 10.0 Å². The predicted molar refractivity (Wildman–Crippen MR) is 83.2 cm³/mol. The molecule has 1 aromatic rings. The van der Waals surface area contributed by atoms with Crippen LogP contribution in [0.5, 0.6) is 0 Å². The van der Waals surface area contributed by atoms with Gasteiger partial charge < -0.3 is 5.11 Å². The van der Waals surface area contributed by atoms with Gasteiger partial charge in [-0.2, -0.15) is 0 Å². The van der Waals surface area contributed by atoms with Crippen LogP contribution in [0.4, 0.5) is 0 Å². The molecule has 20 heavy (non-hydrogen) atoms. The van der Waals surface area contributed by atoms with E-state index in [1.165, 1.54) is 12.8 Å². The zero-order chi connectivity index (χ0) is 14.1. The molecule has 2 fully saturated rings. The summed E-state index contributed by atoms with van der Waals surface area (Å²) in [5, 5.41) is 11.6. The molecule has 1 aliphatic heterocycles. The van der Waals surface area contributed by atoms with Crippen molar-refractivity contribution >= 4 is 23.2 Å². The SMILES string of the molecule is OC1CCCC1C1CCCN1Cc1ccc(Cl)cc1Cl. The van der Waals surface area contributed by atoms with Crippen LogP contribution in [-0.4, -0.2) is 28.7 Å². The number of hydrogen-bond donors (Lipinski definition) is 1. The van der Waals surface area contributed by atoms with Crippen molar-refractivity contribution in [2.24, 2.45) is 5.92 Å². The fraction of sp³-hybridized carbons (Fsp3) is 0.625. The van der Waals surface area contributed by atoms with Gasteiger partial charge in [0.25, 0.3) is 0 Å². The van der Waals surface area contributed by atoms with E-state index in [9.17, 15) is 5.11 Å². The van der Waals surface area contributed by atoms with Gasteiger partial charge in [0.15, 0.2) is 0 Å². The van der Waals surface area contributed by atoms with Gasteiger partial charge in [0.1, 0.15) is 0 Å². The number of likely N-dealkylation sites (tertiary alicyclic amines) is 1. The largest absolute Gasteiger partial charge is 0.393 e. The lowest BCUT2D eigenvalue weighted by Gasteiger charge is -2.31. The first-order valence-corrected chi connectivity index (χ1v) is 8.27. The van der Waals surface area contributed by atoms with Crippen molar-refractivity contribution in [3.63, 3.8) is 0 Å². The molecule has 1 heterocycles. The van der Waals surface area contributed by atoms with Crippen molar-refractivity contribution < 1.29 is 5.11 Å². The van der Waals surface area contributed by atoms with Crippen molar-refractivity contribution in [2.75, 3.05) is 6.54 Å². The molecule has 3 rings (SSSR count). The van der Waals surface area contributed by atoms with E-state index in [4.69, 9.17) is 23.2 Å². The van der Waals surface area contributed by atoms with E-state index in [2.05, 4.69) is 4.90 Å². The van der Waals surface area contributed by atoms with Crippen molar-refractivity contribution in [3.8, 4) is 0 Å². The van der Waals surface area contributed by atoms with E-state index in [1.807, 2.05) is 18.2 Å². The molecule has 0 radical (unpaired) electrons. The Hall–Kier alpha value is -0.280. The van der Waals surface area contributed by atoms with Crippen molar-refractivity contribution in [1.82, 2.24) is 4.90 Å². The number of halogens is 2. The third kappa shape index (κ3) is 2.99. The lowest BCUT2D eigenvalue weighted by molar-refractivity contribution is 0.0719. The zero-order valence-electron chi connectivity index (χ0n) is 11.6. The summed E-state index contributed by atoms with van der Waals surface area (Å²) >= 11 is 12.2. The molecule has 1 saturated heterocycles. The maximum atomic E-state index is 10.2. The minimum atomic E-state index is -0.110. The Morgan fingerprint density at radius 2 is 2.00 bits per heavy atom. The van der Waals surface area contributed by atoms with Gasteiger partial charge in [-0.3, -0.25) is 4.90 Å². The van der Waals surface area contributed by atoms with Crippen LogP contribution < -0.4 is 0 Å². The molecule has 0 amide bonds. The maximum Gasteiger partial charge on any atom is 0.0583 e. The van der Waals surface area contributed by atoms with Gasteiger partial charge in [0, 0.05) is 28.5 Å². The molecule has 3 atom stereocenters. The summed E-state index contributed by atoms with van der Waals surface area (Å²) in [6.45, 7) is 1.97. The Morgan fingerprint density at radius 3 is 2.70 bits per heavy atom.